The van der Waals surface area contributed by atoms with Crippen LogP contribution in [0.5, 0.6) is 0 Å². The first-order valence-electron chi connectivity index (χ1n) is 5.40. The normalized spacial score (nSPS) is 10.6. The number of aliphatic carboxylic acids is 1. The number of thioether (sulfide) groups is 1. The van der Waals surface area contributed by atoms with E-state index in [9.17, 15) is 4.79 Å². The van der Waals surface area contributed by atoms with Gasteiger partial charge in [-0.1, -0.05) is 24.3 Å². The Bertz CT molecular complexity index is 528. The number of rotatable bonds is 5. The summed E-state index contributed by atoms with van der Waals surface area (Å²) in [6, 6.07) is 12.0. The van der Waals surface area contributed by atoms with E-state index < -0.39 is 5.97 Å². The fourth-order valence-corrected chi connectivity index (χ4v) is 2.36. The molecule has 88 valence electrons. The topological polar surface area (TPSA) is 50.2 Å². The van der Waals surface area contributed by atoms with Crippen LogP contribution in [-0.2, 0) is 10.5 Å². The predicted molar refractivity (Wildman–Crippen MR) is 70.2 cm³/mol. The quantitative estimate of drug-likeness (QED) is 0.825. The molecule has 2 rings (SSSR count). The molecule has 0 saturated heterocycles. The highest BCUT2D eigenvalue weighted by atomic mass is 32.2. The molecule has 0 aliphatic carbocycles. The Morgan fingerprint density at radius 2 is 2.06 bits per heavy atom. The van der Waals surface area contributed by atoms with Gasteiger partial charge in [-0.2, -0.15) is 11.8 Å². The first kappa shape index (κ1) is 11.9. The molecule has 0 saturated carbocycles. The summed E-state index contributed by atoms with van der Waals surface area (Å²) in [6.45, 7) is 0. The van der Waals surface area contributed by atoms with Gasteiger partial charge < -0.3 is 5.11 Å². The van der Waals surface area contributed by atoms with Gasteiger partial charge in [0.25, 0.3) is 0 Å². The minimum atomic E-state index is -0.746. The molecular weight excluding hydrogens is 234 g/mol. The highest BCUT2D eigenvalue weighted by Crippen LogP contribution is 2.16. The lowest BCUT2D eigenvalue weighted by Gasteiger charge is -2.02. The highest BCUT2D eigenvalue weighted by molar-refractivity contribution is 7.98. The smallest absolute Gasteiger partial charge is 0.304 e. The lowest BCUT2D eigenvalue weighted by Crippen LogP contribution is -1.96. The standard InChI is InChI=1S/C13H13NO2S/c15-13(16)7-8-17-9-11-6-5-10-3-1-2-4-12(10)14-11/h1-6H,7-9H2,(H,15,16). The van der Waals surface area contributed by atoms with Crippen LogP contribution in [-0.4, -0.2) is 21.8 Å². The first-order chi connectivity index (χ1) is 8.25. The van der Waals surface area contributed by atoms with Gasteiger partial charge in [0, 0.05) is 16.9 Å². The molecule has 0 unspecified atom stereocenters. The number of carbonyl (C=O) groups is 1. The molecular formula is C13H13NO2S. The molecule has 0 fully saturated rings. The second-order valence-electron chi connectivity index (χ2n) is 3.69. The van der Waals surface area contributed by atoms with Gasteiger partial charge in [-0.15, -0.1) is 0 Å². The van der Waals surface area contributed by atoms with Crippen LogP contribution in [0.25, 0.3) is 10.9 Å². The molecule has 2 aromatic rings. The number of carboxylic acids is 1. The molecule has 1 aromatic heterocycles. The van der Waals surface area contributed by atoms with Crippen molar-refractivity contribution in [2.24, 2.45) is 0 Å². The molecule has 0 radical (unpaired) electrons. The van der Waals surface area contributed by atoms with E-state index in [-0.39, 0.29) is 6.42 Å². The van der Waals surface area contributed by atoms with Gasteiger partial charge in [0.05, 0.1) is 17.6 Å². The second kappa shape index (κ2) is 5.68. The first-order valence-corrected chi connectivity index (χ1v) is 6.55. The fraction of sp³-hybridized carbons (Fsp3) is 0.231. The Hall–Kier alpha value is -1.55. The number of aromatic nitrogens is 1. The lowest BCUT2D eigenvalue weighted by atomic mass is 10.2. The molecule has 3 nitrogen and oxygen atoms in total. The zero-order valence-electron chi connectivity index (χ0n) is 9.30. The maximum Gasteiger partial charge on any atom is 0.304 e. The Labute approximate surface area is 104 Å². The van der Waals surface area contributed by atoms with Crippen LogP contribution in [0.3, 0.4) is 0 Å². The van der Waals surface area contributed by atoms with Crippen molar-refractivity contribution >= 4 is 28.6 Å². The van der Waals surface area contributed by atoms with Crippen LogP contribution in [0.2, 0.25) is 0 Å². The van der Waals surface area contributed by atoms with Crippen molar-refractivity contribution in [2.75, 3.05) is 5.75 Å². The van der Waals surface area contributed by atoms with Gasteiger partial charge in [0.2, 0.25) is 0 Å². The highest BCUT2D eigenvalue weighted by Gasteiger charge is 2.00. The third-order valence-electron chi connectivity index (χ3n) is 2.37. The van der Waals surface area contributed by atoms with Gasteiger partial charge >= 0.3 is 5.97 Å². The third kappa shape index (κ3) is 3.46. The van der Waals surface area contributed by atoms with Crippen LogP contribution in [0.1, 0.15) is 12.1 Å². The Balaban J connectivity index is 1.97. The van der Waals surface area contributed by atoms with Crippen molar-refractivity contribution in [2.45, 2.75) is 12.2 Å². The SMILES string of the molecule is O=C(O)CCSCc1ccc2ccccc2n1. The zero-order chi connectivity index (χ0) is 12.1. The molecule has 17 heavy (non-hydrogen) atoms. The van der Waals surface area contributed by atoms with Crippen molar-refractivity contribution < 1.29 is 9.90 Å². The van der Waals surface area contributed by atoms with Crippen LogP contribution < -0.4 is 0 Å². The summed E-state index contributed by atoms with van der Waals surface area (Å²) in [7, 11) is 0. The summed E-state index contributed by atoms with van der Waals surface area (Å²) in [6.07, 6.45) is 0.207. The summed E-state index contributed by atoms with van der Waals surface area (Å²) in [5.41, 5.74) is 1.99. The maximum atomic E-state index is 10.4. The van der Waals surface area contributed by atoms with Crippen LogP contribution in [0, 0.1) is 0 Å². The number of fused-ring (bicyclic) bond motifs is 1. The van der Waals surface area contributed by atoms with Gasteiger partial charge in [-0.3, -0.25) is 9.78 Å². The zero-order valence-corrected chi connectivity index (χ0v) is 10.1. The van der Waals surface area contributed by atoms with Crippen molar-refractivity contribution in [3.8, 4) is 0 Å². The van der Waals surface area contributed by atoms with E-state index in [0.29, 0.717) is 5.75 Å². The van der Waals surface area contributed by atoms with E-state index in [1.807, 2.05) is 30.3 Å². The molecule has 1 heterocycles. The van der Waals surface area contributed by atoms with E-state index >= 15 is 0 Å². The molecule has 0 aliphatic rings. The van der Waals surface area contributed by atoms with Crippen molar-refractivity contribution in [1.29, 1.82) is 0 Å². The van der Waals surface area contributed by atoms with Gasteiger partial charge in [0.1, 0.15) is 0 Å². The van der Waals surface area contributed by atoms with E-state index in [0.717, 1.165) is 22.3 Å². The predicted octanol–water partition coefficient (Wildman–Crippen LogP) is 2.94. The van der Waals surface area contributed by atoms with E-state index in [1.165, 1.54) is 0 Å². The van der Waals surface area contributed by atoms with Gasteiger partial charge in [-0.25, -0.2) is 0 Å². The van der Waals surface area contributed by atoms with Crippen LogP contribution in [0.4, 0.5) is 0 Å². The molecule has 0 amide bonds. The summed E-state index contributed by atoms with van der Waals surface area (Å²) in [5.74, 6) is 0.645. The van der Waals surface area contributed by atoms with Crippen molar-refractivity contribution in [3.05, 3.63) is 42.1 Å². The Kier molecular flexibility index (Phi) is 3.98. The van der Waals surface area contributed by atoms with Crippen molar-refractivity contribution in [1.82, 2.24) is 4.98 Å². The average Bonchev–Trinajstić information content (AvgIpc) is 2.34. The van der Waals surface area contributed by atoms with E-state index in [4.69, 9.17) is 5.11 Å². The number of carboxylic acid groups (broad SMARTS) is 1. The molecule has 0 aliphatic heterocycles. The molecule has 4 heteroatoms. The van der Waals surface area contributed by atoms with Gasteiger partial charge in [0.15, 0.2) is 0 Å². The number of pyridine rings is 1. The molecule has 0 spiro atoms. The number of benzene rings is 1. The fourth-order valence-electron chi connectivity index (χ4n) is 1.52. The maximum absolute atomic E-state index is 10.4. The Morgan fingerprint density at radius 1 is 1.24 bits per heavy atom. The largest absolute Gasteiger partial charge is 0.481 e. The van der Waals surface area contributed by atoms with Gasteiger partial charge in [-0.05, 0) is 12.1 Å². The van der Waals surface area contributed by atoms with E-state index in [1.54, 1.807) is 11.8 Å². The number of hydrogen-bond donors (Lipinski definition) is 1. The summed E-state index contributed by atoms with van der Waals surface area (Å²) >= 11 is 1.60. The summed E-state index contributed by atoms with van der Waals surface area (Å²) in [4.78, 5) is 14.9. The third-order valence-corrected chi connectivity index (χ3v) is 3.36. The number of para-hydroxylation sites is 1. The number of nitrogens with zero attached hydrogens (tertiary/aromatic N) is 1. The molecule has 1 aromatic carbocycles. The van der Waals surface area contributed by atoms with Crippen molar-refractivity contribution in [3.63, 3.8) is 0 Å². The Morgan fingerprint density at radius 3 is 2.88 bits per heavy atom. The molecule has 0 atom stereocenters. The monoisotopic (exact) mass is 247 g/mol. The molecule has 1 N–H and O–H groups in total. The number of hydrogen-bond acceptors (Lipinski definition) is 3. The van der Waals surface area contributed by atoms with E-state index in [2.05, 4.69) is 11.1 Å². The molecule has 0 bridgehead atoms. The summed E-state index contributed by atoms with van der Waals surface area (Å²) < 4.78 is 0. The minimum Gasteiger partial charge on any atom is -0.481 e. The lowest BCUT2D eigenvalue weighted by molar-refractivity contribution is -0.136. The summed E-state index contributed by atoms with van der Waals surface area (Å²) in [5, 5.41) is 9.65. The average molecular weight is 247 g/mol. The van der Waals surface area contributed by atoms with Crippen LogP contribution >= 0.6 is 11.8 Å². The minimum absolute atomic E-state index is 0.207. The van der Waals surface area contributed by atoms with Crippen LogP contribution in [0.15, 0.2) is 36.4 Å². The second-order valence-corrected chi connectivity index (χ2v) is 4.80.